The van der Waals surface area contributed by atoms with Crippen LogP contribution in [0.2, 0.25) is 0 Å². The molecule has 1 atom stereocenters. The van der Waals surface area contributed by atoms with Gasteiger partial charge in [-0.25, -0.2) is 13.1 Å². The highest BCUT2D eigenvalue weighted by Crippen LogP contribution is 2.29. The molecular weight excluding hydrogens is 384 g/mol. The third-order valence-electron chi connectivity index (χ3n) is 4.29. The van der Waals surface area contributed by atoms with E-state index in [0.29, 0.717) is 11.5 Å². The summed E-state index contributed by atoms with van der Waals surface area (Å²) in [6, 6.07) is 5.35. The maximum Gasteiger partial charge on any atom is 0.264 e. The molecule has 0 saturated carbocycles. The van der Waals surface area contributed by atoms with Crippen LogP contribution in [0.4, 0.5) is 5.69 Å². The van der Waals surface area contributed by atoms with Gasteiger partial charge in [0.15, 0.2) is 0 Å². The van der Waals surface area contributed by atoms with Crippen LogP contribution in [0.25, 0.3) is 0 Å². The molecule has 1 aromatic carbocycles. The molecule has 1 aromatic rings. The third-order valence-corrected chi connectivity index (χ3v) is 5.74. The van der Waals surface area contributed by atoms with E-state index in [2.05, 4.69) is 10.3 Å². The lowest BCUT2D eigenvalue weighted by Crippen LogP contribution is -2.58. The fourth-order valence-electron chi connectivity index (χ4n) is 2.91. The number of nitrogens with one attached hydrogen (secondary N) is 2. The van der Waals surface area contributed by atoms with E-state index in [-0.39, 0.29) is 11.3 Å². The molecule has 0 bridgehead atoms. The predicted octanol–water partition coefficient (Wildman–Crippen LogP) is 0.923. The van der Waals surface area contributed by atoms with Gasteiger partial charge < -0.3 is 10.2 Å². The first-order valence-electron chi connectivity index (χ1n) is 8.32. The van der Waals surface area contributed by atoms with Crippen LogP contribution in [0.5, 0.6) is 0 Å². The number of amidine groups is 1. The fourth-order valence-corrected chi connectivity index (χ4v) is 3.90. The first-order valence-corrected chi connectivity index (χ1v) is 9.81. The molecular formula is C18H18N4O5S. The number of anilines is 1. The highest BCUT2D eigenvalue weighted by Gasteiger charge is 2.45. The van der Waals surface area contributed by atoms with Crippen molar-refractivity contribution in [3.05, 3.63) is 48.7 Å². The summed E-state index contributed by atoms with van der Waals surface area (Å²) >= 11 is 0. The van der Waals surface area contributed by atoms with Crippen LogP contribution in [0.15, 0.2) is 58.6 Å². The Balaban J connectivity index is 1.80. The van der Waals surface area contributed by atoms with E-state index in [1.165, 1.54) is 24.3 Å². The monoisotopic (exact) mass is 402 g/mol. The van der Waals surface area contributed by atoms with E-state index in [1.54, 1.807) is 36.3 Å². The van der Waals surface area contributed by atoms with Gasteiger partial charge in [0.1, 0.15) is 11.4 Å². The quantitative estimate of drug-likeness (QED) is 0.772. The van der Waals surface area contributed by atoms with Crippen molar-refractivity contribution in [2.24, 2.45) is 4.99 Å². The summed E-state index contributed by atoms with van der Waals surface area (Å²) in [6.45, 7) is 2.73. The Bertz CT molecular complexity index is 1040. The smallest absolute Gasteiger partial charge is 0.264 e. The molecule has 146 valence electrons. The van der Waals surface area contributed by atoms with Crippen LogP contribution >= 0.6 is 0 Å². The summed E-state index contributed by atoms with van der Waals surface area (Å²) in [4.78, 5) is 41.3. The van der Waals surface area contributed by atoms with E-state index >= 15 is 0 Å². The number of carbonyl (C=O) groups is 3. The number of rotatable bonds is 4. The van der Waals surface area contributed by atoms with Crippen molar-refractivity contribution in [3.8, 4) is 0 Å². The maximum atomic E-state index is 12.9. The second-order valence-corrected chi connectivity index (χ2v) is 8.21. The minimum Gasteiger partial charge on any atom is -0.324 e. The minimum absolute atomic E-state index is 0.102. The van der Waals surface area contributed by atoms with Gasteiger partial charge in [-0.3, -0.25) is 14.4 Å². The molecule has 0 aromatic heterocycles. The van der Waals surface area contributed by atoms with Crippen molar-refractivity contribution in [3.63, 3.8) is 0 Å². The Labute approximate surface area is 161 Å². The molecule has 3 amide bonds. The molecule has 3 rings (SSSR count). The van der Waals surface area contributed by atoms with E-state index in [0.717, 1.165) is 6.92 Å². The largest absolute Gasteiger partial charge is 0.324 e. The molecule has 2 aliphatic rings. The number of hydrogen-bond acceptors (Lipinski definition) is 6. The lowest BCUT2D eigenvalue weighted by molar-refractivity contribution is -0.130. The number of benzene rings is 1. The summed E-state index contributed by atoms with van der Waals surface area (Å²) in [5.41, 5.74) is -0.836. The van der Waals surface area contributed by atoms with Crippen molar-refractivity contribution in [2.45, 2.75) is 30.7 Å². The zero-order chi connectivity index (χ0) is 20.5. The first kappa shape index (κ1) is 19.5. The fraction of sp³-hybridized carbons (Fsp3) is 0.222. The molecule has 1 unspecified atom stereocenters. The van der Waals surface area contributed by atoms with Crippen LogP contribution < -0.4 is 10.0 Å². The second-order valence-electron chi connectivity index (χ2n) is 6.53. The summed E-state index contributed by atoms with van der Waals surface area (Å²) in [7, 11) is -3.96. The Morgan fingerprint density at radius 3 is 2.50 bits per heavy atom. The third kappa shape index (κ3) is 3.72. The van der Waals surface area contributed by atoms with E-state index in [9.17, 15) is 22.8 Å². The molecule has 28 heavy (non-hydrogen) atoms. The normalized spacial score (nSPS) is 21.0. The molecule has 10 heteroatoms. The van der Waals surface area contributed by atoms with Crippen molar-refractivity contribution in [1.82, 2.24) is 9.62 Å². The van der Waals surface area contributed by atoms with Gasteiger partial charge in [-0.2, -0.15) is 4.99 Å². The number of hydrogen-bond donors (Lipinski definition) is 2. The summed E-state index contributed by atoms with van der Waals surface area (Å²) in [6.07, 6.45) is 6.68. The van der Waals surface area contributed by atoms with Gasteiger partial charge >= 0.3 is 0 Å². The maximum absolute atomic E-state index is 12.9. The van der Waals surface area contributed by atoms with Gasteiger partial charge in [0.2, 0.25) is 5.91 Å². The Hall–Kier alpha value is -3.27. The molecule has 0 saturated heterocycles. The van der Waals surface area contributed by atoms with Crippen molar-refractivity contribution >= 4 is 39.3 Å². The highest BCUT2D eigenvalue weighted by molar-refractivity contribution is 7.90. The molecule has 2 aliphatic heterocycles. The van der Waals surface area contributed by atoms with Crippen LogP contribution in [0.3, 0.4) is 0 Å². The summed E-state index contributed by atoms with van der Waals surface area (Å²) in [5, 5.41) is 2.70. The average Bonchev–Trinajstić information content (AvgIpc) is 2.61. The number of sulfonamides is 1. The van der Waals surface area contributed by atoms with E-state index in [4.69, 9.17) is 0 Å². The standard InChI is InChI=1S/C18H18N4O5S/c1-12(23)21-28(26,27)14-8-6-13(7-9-14)19-17(25)18(2)11-16(24)20-15-5-3-4-10-22(15)18/h3-10H,11H2,1-2H3,(H,19,25)(H,21,23). The number of carbonyl (C=O) groups excluding carboxylic acids is 3. The van der Waals surface area contributed by atoms with Crippen LogP contribution in [-0.2, 0) is 24.4 Å². The van der Waals surface area contributed by atoms with Gasteiger partial charge in [0, 0.05) is 18.8 Å². The molecule has 2 N–H and O–H groups in total. The SMILES string of the molecule is CC(=O)NS(=O)(=O)c1ccc(NC(=O)C2(C)CC(=O)N=C3C=CC=CN32)cc1. The average molecular weight is 402 g/mol. The Kier molecular flexibility index (Phi) is 4.90. The summed E-state index contributed by atoms with van der Waals surface area (Å²) < 4.78 is 25.8. The molecule has 0 fully saturated rings. The lowest BCUT2D eigenvalue weighted by Gasteiger charge is -2.41. The number of nitrogens with zero attached hydrogens (tertiary/aromatic N) is 2. The van der Waals surface area contributed by atoms with Crippen molar-refractivity contribution in [2.75, 3.05) is 5.32 Å². The van der Waals surface area contributed by atoms with Crippen LogP contribution in [-0.4, -0.2) is 42.4 Å². The van der Waals surface area contributed by atoms with Gasteiger partial charge in [-0.1, -0.05) is 6.08 Å². The zero-order valence-corrected chi connectivity index (χ0v) is 16.0. The lowest BCUT2D eigenvalue weighted by atomic mass is 9.91. The number of allylic oxidation sites excluding steroid dienone is 2. The molecule has 0 radical (unpaired) electrons. The van der Waals surface area contributed by atoms with Gasteiger partial charge in [-0.15, -0.1) is 0 Å². The van der Waals surface area contributed by atoms with Crippen LogP contribution in [0, 0.1) is 0 Å². The van der Waals surface area contributed by atoms with Gasteiger partial charge in [-0.05, 0) is 43.3 Å². The predicted molar refractivity (Wildman–Crippen MR) is 102 cm³/mol. The topological polar surface area (TPSA) is 125 Å². The van der Waals surface area contributed by atoms with Crippen molar-refractivity contribution < 1.29 is 22.8 Å². The van der Waals surface area contributed by atoms with Crippen molar-refractivity contribution in [1.29, 1.82) is 0 Å². The molecule has 0 spiro atoms. The molecule has 2 heterocycles. The van der Waals surface area contributed by atoms with Crippen LogP contribution in [0.1, 0.15) is 20.3 Å². The highest BCUT2D eigenvalue weighted by atomic mass is 32.2. The number of amides is 3. The Morgan fingerprint density at radius 1 is 1.18 bits per heavy atom. The molecule has 9 nitrogen and oxygen atoms in total. The van der Waals surface area contributed by atoms with E-state index in [1.807, 2.05) is 4.72 Å². The number of fused-ring (bicyclic) bond motifs is 1. The molecule has 0 aliphatic carbocycles. The second kappa shape index (κ2) is 7.04. The zero-order valence-electron chi connectivity index (χ0n) is 15.2. The van der Waals surface area contributed by atoms with E-state index < -0.39 is 33.3 Å². The first-order chi connectivity index (χ1) is 13.1. The summed E-state index contributed by atoms with van der Waals surface area (Å²) in [5.74, 6) is -1.16. The van der Waals surface area contributed by atoms with Gasteiger partial charge in [0.25, 0.3) is 21.8 Å². The number of aliphatic imine (C=N–C) groups is 1. The Morgan fingerprint density at radius 2 is 1.86 bits per heavy atom. The van der Waals surface area contributed by atoms with Gasteiger partial charge in [0.05, 0.1) is 11.3 Å². The minimum atomic E-state index is -3.96.